The summed E-state index contributed by atoms with van der Waals surface area (Å²) in [5.74, 6) is 0.405. The number of rotatable bonds is 3. The van der Waals surface area contributed by atoms with Gasteiger partial charge in [-0.1, -0.05) is 6.07 Å². The summed E-state index contributed by atoms with van der Waals surface area (Å²) in [7, 11) is 0. The Bertz CT molecular complexity index is 1060. The number of nitrogens with zero attached hydrogens (tertiary/aromatic N) is 4. The van der Waals surface area contributed by atoms with Crippen molar-refractivity contribution < 1.29 is 17.9 Å². The molecule has 0 spiro atoms. The van der Waals surface area contributed by atoms with Crippen molar-refractivity contribution in [2.45, 2.75) is 6.18 Å². The second-order valence-corrected chi connectivity index (χ2v) is 5.41. The smallest absolute Gasteiger partial charge is 0.433 e. The molecule has 0 bridgehead atoms. The molecule has 0 amide bonds. The number of alkyl halides is 3. The fraction of sp³-hybridized carbons (Fsp3) is 0.0556. The van der Waals surface area contributed by atoms with Crippen LogP contribution in [0.5, 0.6) is 11.6 Å². The topological polar surface area (TPSA) is 52.3 Å². The second-order valence-electron chi connectivity index (χ2n) is 5.41. The fourth-order valence-electron chi connectivity index (χ4n) is 2.54. The van der Waals surface area contributed by atoms with Crippen molar-refractivity contribution in [2.75, 3.05) is 0 Å². The van der Waals surface area contributed by atoms with Crippen molar-refractivity contribution in [2.24, 2.45) is 0 Å². The lowest BCUT2D eigenvalue weighted by molar-refractivity contribution is -0.141. The zero-order valence-electron chi connectivity index (χ0n) is 13.2. The van der Waals surface area contributed by atoms with Crippen molar-refractivity contribution in [1.82, 2.24) is 19.6 Å². The number of hydrogen-bond donors (Lipinski definition) is 0. The SMILES string of the molecule is FC(F)(F)c1ccc(Oc2ncccc2-c2cccc3ccnn23)cn1. The van der Waals surface area contributed by atoms with Gasteiger partial charge in [0.05, 0.1) is 29.2 Å². The second kappa shape index (κ2) is 6.14. The van der Waals surface area contributed by atoms with Crippen molar-refractivity contribution in [3.8, 4) is 22.9 Å². The Labute approximate surface area is 145 Å². The number of fused-ring (bicyclic) bond motifs is 1. The molecule has 8 heteroatoms. The van der Waals surface area contributed by atoms with Crippen LogP contribution in [0, 0.1) is 0 Å². The Morgan fingerprint density at radius 3 is 2.54 bits per heavy atom. The van der Waals surface area contributed by atoms with Gasteiger partial charge in [0.15, 0.2) is 0 Å². The van der Waals surface area contributed by atoms with E-state index in [0.29, 0.717) is 5.56 Å². The standard InChI is InChI=1S/C18H11F3N4O/c19-18(20,21)16-7-6-13(11-23-16)26-17-14(4-2-9-22-17)15-5-1-3-12-8-10-24-25(12)15/h1-11H. The molecule has 0 fully saturated rings. The van der Waals surface area contributed by atoms with Crippen LogP contribution in [0.4, 0.5) is 13.2 Å². The molecular weight excluding hydrogens is 345 g/mol. The first-order valence-corrected chi connectivity index (χ1v) is 7.61. The molecule has 5 nitrogen and oxygen atoms in total. The monoisotopic (exact) mass is 356 g/mol. The third-order valence-corrected chi connectivity index (χ3v) is 3.71. The van der Waals surface area contributed by atoms with E-state index in [1.807, 2.05) is 24.3 Å². The summed E-state index contributed by atoms with van der Waals surface area (Å²) in [5.41, 5.74) is 1.32. The number of aromatic nitrogens is 4. The quantitative estimate of drug-likeness (QED) is 0.538. The van der Waals surface area contributed by atoms with Gasteiger partial charge in [0.1, 0.15) is 11.4 Å². The summed E-state index contributed by atoms with van der Waals surface area (Å²) in [5, 5.41) is 4.28. The minimum atomic E-state index is -4.50. The molecule has 0 radical (unpaired) electrons. The highest BCUT2D eigenvalue weighted by molar-refractivity contribution is 5.68. The highest BCUT2D eigenvalue weighted by Gasteiger charge is 2.32. The summed E-state index contributed by atoms with van der Waals surface area (Å²) < 4.78 is 45.3. The molecule has 26 heavy (non-hydrogen) atoms. The van der Waals surface area contributed by atoms with Crippen LogP contribution >= 0.6 is 0 Å². The highest BCUT2D eigenvalue weighted by Crippen LogP contribution is 2.33. The molecule has 0 unspecified atom stereocenters. The lowest BCUT2D eigenvalue weighted by atomic mass is 10.1. The Hall–Kier alpha value is -3.42. The molecule has 0 saturated heterocycles. The fourth-order valence-corrected chi connectivity index (χ4v) is 2.54. The van der Waals surface area contributed by atoms with E-state index in [1.54, 1.807) is 29.0 Å². The number of hydrogen-bond acceptors (Lipinski definition) is 4. The first-order chi connectivity index (χ1) is 12.5. The lowest BCUT2D eigenvalue weighted by Crippen LogP contribution is -2.07. The molecule has 0 N–H and O–H groups in total. The largest absolute Gasteiger partial charge is 0.437 e. The minimum Gasteiger partial charge on any atom is -0.437 e. The van der Waals surface area contributed by atoms with Crippen LogP contribution in [-0.4, -0.2) is 19.6 Å². The summed E-state index contributed by atoms with van der Waals surface area (Å²) in [4.78, 5) is 7.59. The molecule has 4 aromatic heterocycles. The van der Waals surface area contributed by atoms with Gasteiger partial charge >= 0.3 is 6.18 Å². The van der Waals surface area contributed by atoms with Gasteiger partial charge in [0.25, 0.3) is 0 Å². The molecule has 0 saturated carbocycles. The maximum absolute atomic E-state index is 12.6. The average Bonchev–Trinajstić information content (AvgIpc) is 3.11. The predicted octanol–water partition coefficient (Wildman–Crippen LogP) is 4.60. The van der Waals surface area contributed by atoms with Crippen molar-refractivity contribution >= 4 is 5.52 Å². The van der Waals surface area contributed by atoms with Crippen molar-refractivity contribution in [3.05, 3.63) is 72.8 Å². The van der Waals surface area contributed by atoms with Gasteiger partial charge < -0.3 is 4.74 Å². The van der Waals surface area contributed by atoms with E-state index >= 15 is 0 Å². The maximum atomic E-state index is 12.6. The minimum absolute atomic E-state index is 0.158. The molecule has 0 aliphatic rings. The average molecular weight is 356 g/mol. The molecule has 0 aliphatic carbocycles. The third kappa shape index (κ3) is 2.97. The Morgan fingerprint density at radius 1 is 0.885 bits per heavy atom. The van der Waals surface area contributed by atoms with Crippen LogP contribution in [0.2, 0.25) is 0 Å². The molecular formula is C18H11F3N4O. The summed E-state index contributed by atoms with van der Waals surface area (Å²) in [6, 6.07) is 13.1. The van der Waals surface area contributed by atoms with Gasteiger partial charge in [-0.05, 0) is 42.5 Å². The summed E-state index contributed by atoms with van der Waals surface area (Å²) >= 11 is 0. The van der Waals surface area contributed by atoms with E-state index in [2.05, 4.69) is 15.1 Å². The first-order valence-electron chi connectivity index (χ1n) is 7.61. The highest BCUT2D eigenvalue weighted by atomic mass is 19.4. The van der Waals surface area contributed by atoms with E-state index < -0.39 is 11.9 Å². The number of ether oxygens (including phenoxy) is 1. The van der Waals surface area contributed by atoms with Gasteiger partial charge in [0, 0.05) is 6.20 Å². The van der Waals surface area contributed by atoms with Crippen molar-refractivity contribution in [1.29, 1.82) is 0 Å². The molecule has 4 aromatic rings. The van der Waals surface area contributed by atoms with Gasteiger partial charge in [-0.3, -0.25) is 0 Å². The normalized spacial score (nSPS) is 11.7. The van der Waals surface area contributed by atoms with Crippen LogP contribution in [-0.2, 0) is 6.18 Å². The predicted molar refractivity (Wildman–Crippen MR) is 87.7 cm³/mol. The van der Waals surface area contributed by atoms with Gasteiger partial charge in [-0.25, -0.2) is 14.5 Å². The number of halogens is 3. The van der Waals surface area contributed by atoms with Crippen LogP contribution in [0.3, 0.4) is 0 Å². The molecule has 4 heterocycles. The summed E-state index contributed by atoms with van der Waals surface area (Å²) in [6.45, 7) is 0. The van der Waals surface area contributed by atoms with E-state index in [9.17, 15) is 13.2 Å². The zero-order chi connectivity index (χ0) is 18.1. The zero-order valence-corrected chi connectivity index (χ0v) is 13.2. The maximum Gasteiger partial charge on any atom is 0.433 e. The van der Waals surface area contributed by atoms with E-state index in [-0.39, 0.29) is 11.6 Å². The summed E-state index contributed by atoms with van der Waals surface area (Å²) in [6.07, 6.45) is -0.255. The molecule has 0 aromatic carbocycles. The van der Waals surface area contributed by atoms with Gasteiger partial charge in [0.2, 0.25) is 5.88 Å². The Kier molecular flexibility index (Phi) is 3.80. The van der Waals surface area contributed by atoms with E-state index in [0.717, 1.165) is 23.5 Å². The Balaban J connectivity index is 1.72. The van der Waals surface area contributed by atoms with Crippen molar-refractivity contribution in [3.63, 3.8) is 0 Å². The van der Waals surface area contributed by atoms with Crippen LogP contribution < -0.4 is 4.74 Å². The van der Waals surface area contributed by atoms with Crippen LogP contribution in [0.25, 0.3) is 16.8 Å². The molecule has 0 atom stereocenters. The molecule has 0 aliphatic heterocycles. The number of pyridine rings is 3. The first kappa shape index (κ1) is 16.1. The van der Waals surface area contributed by atoms with Crippen LogP contribution in [0.15, 0.2) is 67.1 Å². The van der Waals surface area contributed by atoms with E-state index in [1.165, 1.54) is 6.07 Å². The van der Waals surface area contributed by atoms with Gasteiger partial charge in [-0.15, -0.1) is 0 Å². The third-order valence-electron chi connectivity index (χ3n) is 3.71. The Morgan fingerprint density at radius 2 is 1.77 bits per heavy atom. The van der Waals surface area contributed by atoms with Crippen LogP contribution in [0.1, 0.15) is 5.69 Å². The van der Waals surface area contributed by atoms with E-state index in [4.69, 9.17) is 4.74 Å². The molecule has 4 rings (SSSR count). The lowest BCUT2D eigenvalue weighted by Gasteiger charge is -2.11. The van der Waals surface area contributed by atoms with Gasteiger partial charge in [-0.2, -0.15) is 18.3 Å². The molecule has 130 valence electrons.